The fraction of sp³-hybridized carbons (Fsp3) is 0.188. The van der Waals surface area contributed by atoms with Crippen LogP contribution in [-0.2, 0) is 0 Å². The van der Waals surface area contributed by atoms with Crippen LogP contribution in [0.1, 0.15) is 11.7 Å². The molecule has 0 aromatic heterocycles. The lowest BCUT2D eigenvalue weighted by atomic mass is 10.1. The predicted octanol–water partition coefficient (Wildman–Crippen LogP) is 3.33. The number of anilines is 1. The van der Waals surface area contributed by atoms with E-state index in [1.807, 2.05) is 0 Å². The lowest BCUT2D eigenvalue weighted by molar-refractivity contribution is -0.384. The highest BCUT2D eigenvalue weighted by Gasteiger charge is 2.18. The summed E-state index contributed by atoms with van der Waals surface area (Å²) in [6.07, 6.45) is -1.53. The number of amides is 2. The molecule has 3 N–H and O–H groups in total. The second kappa shape index (κ2) is 8.99. The summed E-state index contributed by atoms with van der Waals surface area (Å²) in [6.45, 7) is -3.76. The number of nitrogens with one attached hydrogen (secondary N) is 2. The maximum Gasteiger partial charge on any atom is 0.387 e. The van der Waals surface area contributed by atoms with Gasteiger partial charge in [0.1, 0.15) is 17.4 Å². The Hall–Kier alpha value is -3.41. The van der Waals surface area contributed by atoms with E-state index in [1.54, 1.807) is 0 Å². The third-order valence-electron chi connectivity index (χ3n) is 3.42. The number of non-ortho nitro benzene ring substituents is 1. The Balaban J connectivity index is 2.07. The maximum absolute atomic E-state index is 13.6. The minimum atomic E-state index is -3.24. The van der Waals surface area contributed by atoms with Gasteiger partial charge in [0.2, 0.25) is 0 Å². The van der Waals surface area contributed by atoms with Crippen molar-refractivity contribution >= 4 is 17.4 Å². The van der Waals surface area contributed by atoms with Crippen LogP contribution in [-0.4, -0.2) is 29.2 Å². The normalized spacial score (nSPS) is 11.8. The molecule has 2 aromatic rings. The van der Waals surface area contributed by atoms with Gasteiger partial charge in [0.05, 0.1) is 16.7 Å². The highest BCUT2D eigenvalue weighted by Crippen LogP contribution is 2.30. The molecular weight excluding hydrogens is 390 g/mol. The zero-order valence-corrected chi connectivity index (χ0v) is 13.9. The van der Waals surface area contributed by atoms with Crippen LogP contribution >= 0.6 is 0 Å². The highest BCUT2D eigenvalue weighted by molar-refractivity contribution is 5.91. The zero-order valence-electron chi connectivity index (χ0n) is 13.9. The van der Waals surface area contributed by atoms with Gasteiger partial charge >= 0.3 is 12.6 Å². The molecule has 2 amide bonds. The van der Waals surface area contributed by atoms with Gasteiger partial charge in [-0.3, -0.25) is 10.1 Å². The van der Waals surface area contributed by atoms with E-state index in [1.165, 1.54) is 0 Å². The van der Waals surface area contributed by atoms with Crippen LogP contribution in [0.2, 0.25) is 0 Å². The minimum Gasteiger partial charge on any atom is -0.433 e. The molecule has 150 valence electrons. The Morgan fingerprint density at radius 3 is 2.54 bits per heavy atom. The Kier molecular flexibility index (Phi) is 6.71. The second-order valence-corrected chi connectivity index (χ2v) is 5.33. The standard InChI is InChI=1S/C16H13F4N3O5/c17-8-1-3-10(11(18)5-8)13(24)7-21-16(25)22-12-6-9(23(26)27)2-4-14(12)28-15(19)20/h1-6,13,15,24H,7H2,(H2,21,22,25). The van der Waals surface area contributed by atoms with Crippen molar-refractivity contribution in [3.05, 3.63) is 63.7 Å². The Morgan fingerprint density at radius 2 is 1.93 bits per heavy atom. The maximum atomic E-state index is 13.6. The summed E-state index contributed by atoms with van der Waals surface area (Å²) in [7, 11) is 0. The molecule has 2 rings (SSSR count). The molecule has 28 heavy (non-hydrogen) atoms. The first-order valence-corrected chi connectivity index (χ1v) is 7.58. The predicted molar refractivity (Wildman–Crippen MR) is 88.1 cm³/mol. The number of halogens is 4. The Morgan fingerprint density at radius 1 is 1.21 bits per heavy atom. The average molecular weight is 403 g/mol. The summed E-state index contributed by atoms with van der Waals surface area (Å²) in [6, 6.07) is 4.00. The summed E-state index contributed by atoms with van der Waals surface area (Å²) < 4.78 is 55.5. The van der Waals surface area contributed by atoms with Crippen molar-refractivity contribution < 1.29 is 37.1 Å². The van der Waals surface area contributed by atoms with Crippen molar-refractivity contribution in [2.45, 2.75) is 12.7 Å². The smallest absolute Gasteiger partial charge is 0.387 e. The first-order valence-electron chi connectivity index (χ1n) is 7.58. The van der Waals surface area contributed by atoms with Crippen LogP contribution < -0.4 is 15.4 Å². The van der Waals surface area contributed by atoms with E-state index in [-0.39, 0.29) is 5.56 Å². The van der Waals surface area contributed by atoms with Crippen molar-refractivity contribution in [3.63, 3.8) is 0 Å². The summed E-state index contributed by atoms with van der Waals surface area (Å²) in [5, 5.41) is 24.9. The topological polar surface area (TPSA) is 114 Å². The van der Waals surface area contributed by atoms with Gasteiger partial charge in [-0.05, 0) is 12.1 Å². The number of carbonyl (C=O) groups is 1. The molecule has 0 radical (unpaired) electrons. The number of urea groups is 1. The van der Waals surface area contributed by atoms with Gasteiger partial charge in [-0.2, -0.15) is 8.78 Å². The largest absolute Gasteiger partial charge is 0.433 e. The molecule has 0 fully saturated rings. The third-order valence-corrected chi connectivity index (χ3v) is 3.42. The zero-order chi connectivity index (χ0) is 20.8. The van der Waals surface area contributed by atoms with Crippen molar-refractivity contribution in [2.24, 2.45) is 0 Å². The second-order valence-electron chi connectivity index (χ2n) is 5.33. The molecule has 8 nitrogen and oxygen atoms in total. The van der Waals surface area contributed by atoms with E-state index in [9.17, 15) is 37.6 Å². The van der Waals surface area contributed by atoms with Gasteiger partial charge in [0.25, 0.3) is 5.69 Å². The molecule has 0 bridgehead atoms. The lowest BCUT2D eigenvalue weighted by Gasteiger charge is -2.15. The first-order chi connectivity index (χ1) is 13.2. The fourth-order valence-electron chi connectivity index (χ4n) is 2.17. The van der Waals surface area contributed by atoms with Crippen LogP contribution in [0, 0.1) is 21.7 Å². The number of rotatable bonds is 7. The number of alkyl halides is 2. The van der Waals surface area contributed by atoms with Crippen LogP contribution in [0.15, 0.2) is 36.4 Å². The number of aliphatic hydroxyl groups is 1. The molecule has 0 heterocycles. The quantitative estimate of drug-likeness (QED) is 0.373. The molecule has 0 saturated carbocycles. The number of benzene rings is 2. The molecule has 1 atom stereocenters. The van der Waals surface area contributed by atoms with Gasteiger partial charge in [-0.1, -0.05) is 6.07 Å². The van der Waals surface area contributed by atoms with Gasteiger partial charge in [-0.15, -0.1) is 0 Å². The fourth-order valence-corrected chi connectivity index (χ4v) is 2.17. The number of hydrogen-bond acceptors (Lipinski definition) is 5. The highest BCUT2D eigenvalue weighted by atomic mass is 19.3. The van der Waals surface area contributed by atoms with E-state index >= 15 is 0 Å². The van der Waals surface area contributed by atoms with Crippen molar-refractivity contribution in [1.29, 1.82) is 0 Å². The molecule has 1 unspecified atom stereocenters. The summed E-state index contributed by atoms with van der Waals surface area (Å²) in [4.78, 5) is 21.9. The van der Waals surface area contributed by atoms with Crippen molar-refractivity contribution in [1.82, 2.24) is 5.32 Å². The molecule has 0 aliphatic rings. The van der Waals surface area contributed by atoms with Gasteiger partial charge in [0, 0.05) is 30.3 Å². The van der Waals surface area contributed by atoms with E-state index < -0.39 is 59.0 Å². The van der Waals surface area contributed by atoms with Crippen molar-refractivity contribution in [3.8, 4) is 5.75 Å². The Bertz CT molecular complexity index is 881. The number of carbonyl (C=O) groups excluding carboxylic acids is 1. The third kappa shape index (κ3) is 5.54. The summed E-state index contributed by atoms with van der Waals surface area (Å²) >= 11 is 0. The van der Waals surface area contributed by atoms with E-state index in [2.05, 4.69) is 15.4 Å². The molecule has 0 aliphatic carbocycles. The lowest BCUT2D eigenvalue weighted by Crippen LogP contribution is -2.32. The molecule has 2 aromatic carbocycles. The Labute approximate surface area is 154 Å². The monoisotopic (exact) mass is 403 g/mol. The number of nitro groups is 1. The van der Waals surface area contributed by atoms with Crippen molar-refractivity contribution in [2.75, 3.05) is 11.9 Å². The van der Waals surface area contributed by atoms with Gasteiger partial charge in [0.15, 0.2) is 0 Å². The number of aliphatic hydroxyl groups excluding tert-OH is 1. The molecule has 0 saturated heterocycles. The molecular formula is C16H13F4N3O5. The van der Waals surface area contributed by atoms with Gasteiger partial charge < -0.3 is 20.5 Å². The van der Waals surface area contributed by atoms with Crippen LogP contribution in [0.4, 0.5) is 33.7 Å². The van der Waals surface area contributed by atoms with Gasteiger partial charge in [-0.25, -0.2) is 13.6 Å². The van der Waals surface area contributed by atoms with Crippen LogP contribution in [0.5, 0.6) is 5.75 Å². The van der Waals surface area contributed by atoms with E-state index in [4.69, 9.17) is 0 Å². The number of ether oxygens (including phenoxy) is 1. The molecule has 0 aliphatic heterocycles. The summed E-state index contributed by atoms with van der Waals surface area (Å²) in [5.41, 5.74) is -1.20. The average Bonchev–Trinajstić information content (AvgIpc) is 2.60. The SMILES string of the molecule is O=C(NCC(O)c1ccc(F)cc1F)Nc1cc([N+](=O)[O-])ccc1OC(F)F. The molecule has 0 spiro atoms. The van der Waals surface area contributed by atoms with E-state index in [0.717, 1.165) is 30.3 Å². The van der Waals surface area contributed by atoms with E-state index in [0.29, 0.717) is 6.07 Å². The van der Waals surface area contributed by atoms with Crippen LogP contribution in [0.3, 0.4) is 0 Å². The molecule has 12 heteroatoms. The summed E-state index contributed by atoms with van der Waals surface area (Å²) in [5.74, 6) is -2.40. The first kappa shape index (κ1) is 20.9. The number of nitrogens with zero attached hydrogens (tertiary/aromatic N) is 1. The van der Waals surface area contributed by atoms with Crippen LogP contribution in [0.25, 0.3) is 0 Å². The number of nitro benzene ring substituents is 1. The number of hydrogen-bond donors (Lipinski definition) is 3. The minimum absolute atomic E-state index is 0.279.